The van der Waals surface area contributed by atoms with Crippen LogP contribution in [0.5, 0.6) is 0 Å². The van der Waals surface area contributed by atoms with Gasteiger partial charge in [0.15, 0.2) is 5.17 Å². The predicted octanol–water partition coefficient (Wildman–Crippen LogP) is 5.68. The molecule has 1 aromatic rings. The summed E-state index contributed by atoms with van der Waals surface area (Å²) in [5, 5.41) is 15.6. The molecule has 0 fully saturated rings. The fourth-order valence-corrected chi connectivity index (χ4v) is 1.99. The van der Waals surface area contributed by atoms with Crippen molar-refractivity contribution in [1.82, 2.24) is 0 Å². The van der Waals surface area contributed by atoms with E-state index in [4.69, 9.17) is 23.2 Å². The number of hydrogen-bond acceptors (Lipinski definition) is 5. The number of alkyl halides is 8. The summed E-state index contributed by atoms with van der Waals surface area (Å²) >= 11 is 11.5. The van der Waals surface area contributed by atoms with Gasteiger partial charge in [0.25, 0.3) is 0 Å². The normalized spacial score (nSPS) is 15.5. The van der Waals surface area contributed by atoms with Crippen LogP contribution in [-0.4, -0.2) is 25.0 Å². The van der Waals surface area contributed by atoms with Crippen LogP contribution < -0.4 is 0 Å². The highest BCUT2D eigenvalue weighted by Gasteiger charge is 2.56. The van der Waals surface area contributed by atoms with E-state index in [1.54, 1.807) is 0 Å². The van der Waals surface area contributed by atoms with E-state index in [-0.39, 0.29) is 12.1 Å². The van der Waals surface area contributed by atoms with E-state index in [0.29, 0.717) is 0 Å². The Balaban J connectivity index is 3.83. The van der Waals surface area contributed by atoms with Gasteiger partial charge in [-0.25, -0.2) is 9.38 Å². The van der Waals surface area contributed by atoms with Crippen molar-refractivity contribution in [2.24, 2.45) is 4.99 Å². The molecule has 0 aliphatic carbocycles. The second kappa shape index (κ2) is 7.15. The highest BCUT2D eigenvalue weighted by atomic mass is 79.9. The predicted molar refractivity (Wildman–Crippen MR) is 81.3 cm³/mol. The Morgan fingerprint density at radius 1 is 1.04 bits per heavy atom. The maximum Gasteiger partial charge on any atom is 0.416 e. The largest absolute Gasteiger partial charge is 0.416 e. The van der Waals surface area contributed by atoms with E-state index in [1.807, 2.05) is 0 Å². The molecule has 1 rings (SSSR count). The van der Waals surface area contributed by atoms with Crippen LogP contribution in [-0.2, 0) is 6.18 Å². The van der Waals surface area contributed by atoms with Gasteiger partial charge in [-0.05, 0) is 15.9 Å². The Labute approximate surface area is 157 Å². The van der Waals surface area contributed by atoms with Crippen LogP contribution in [0.3, 0.4) is 0 Å². The highest BCUT2D eigenvalue weighted by Crippen LogP contribution is 2.47. The molecule has 1 atom stereocenters. The first-order valence-electron chi connectivity index (χ1n) is 5.73. The van der Waals surface area contributed by atoms with Gasteiger partial charge in [-0.3, -0.25) is 20.2 Å². The number of nitrogens with zero attached hydrogens (tertiary/aromatic N) is 3. The Morgan fingerprint density at radius 2 is 1.42 bits per heavy atom. The van der Waals surface area contributed by atoms with E-state index in [9.17, 15) is 46.6 Å². The molecule has 7 nitrogen and oxygen atoms in total. The summed E-state index contributed by atoms with van der Waals surface area (Å²) in [6.07, 6.45) is -5.22. The molecule has 144 valence electrons. The summed E-state index contributed by atoms with van der Waals surface area (Å²) in [5.74, 6) is 0. The van der Waals surface area contributed by atoms with Crippen molar-refractivity contribution < 1.29 is 36.2 Å². The topological polar surface area (TPSA) is 98.6 Å². The van der Waals surface area contributed by atoms with Crippen molar-refractivity contribution in [3.63, 3.8) is 0 Å². The Kier molecular flexibility index (Phi) is 6.15. The van der Waals surface area contributed by atoms with E-state index >= 15 is 0 Å². The maximum atomic E-state index is 13.8. The molecule has 0 aliphatic rings. The molecule has 0 N–H and O–H groups in total. The quantitative estimate of drug-likeness (QED) is 0.173. The molecule has 16 heteroatoms. The van der Waals surface area contributed by atoms with Gasteiger partial charge in [0.2, 0.25) is 5.69 Å². The molecule has 0 saturated heterocycles. The van der Waals surface area contributed by atoms with Gasteiger partial charge in [-0.1, -0.05) is 23.2 Å². The van der Waals surface area contributed by atoms with Crippen LogP contribution in [0.1, 0.15) is 5.56 Å². The molecule has 0 radical (unpaired) electrons. The van der Waals surface area contributed by atoms with Crippen LogP contribution in [0.2, 0.25) is 0 Å². The lowest BCUT2D eigenvalue weighted by Gasteiger charge is -2.21. The standard InChI is InChI=1S/C10H2BrCl2F6N3O4/c11-10(18,19)8(13,14)7(12)20-6-4(21(23)24)1-3(9(15,16)17)2-5(6)22(25)26/h1-2H. The molecule has 0 aliphatic heterocycles. The van der Waals surface area contributed by atoms with Crippen LogP contribution in [0, 0.1) is 20.2 Å². The maximum absolute atomic E-state index is 13.8. The van der Waals surface area contributed by atoms with Crippen LogP contribution in [0.25, 0.3) is 0 Å². The van der Waals surface area contributed by atoms with Gasteiger partial charge in [0.1, 0.15) is 0 Å². The van der Waals surface area contributed by atoms with Gasteiger partial charge in [-0.15, -0.1) is 0 Å². The number of aliphatic imine (C=N–C) groups is 1. The second-order valence-electron chi connectivity index (χ2n) is 4.35. The third kappa shape index (κ3) is 4.54. The van der Waals surface area contributed by atoms with E-state index in [1.165, 1.54) is 15.9 Å². The lowest BCUT2D eigenvalue weighted by atomic mass is 10.1. The first-order valence-corrected chi connectivity index (χ1v) is 7.28. The number of benzene rings is 1. The van der Waals surface area contributed by atoms with E-state index in [2.05, 4.69) is 4.99 Å². The fourth-order valence-electron chi connectivity index (χ4n) is 1.45. The fraction of sp³-hybridized carbons (Fsp3) is 0.300. The zero-order chi connectivity index (χ0) is 20.7. The van der Waals surface area contributed by atoms with Crippen molar-refractivity contribution in [2.75, 3.05) is 0 Å². The van der Waals surface area contributed by atoms with E-state index in [0.717, 1.165) is 0 Å². The number of hydrogen-bond donors (Lipinski definition) is 0. The second-order valence-corrected chi connectivity index (χ2v) is 6.22. The molecule has 0 aromatic heterocycles. The molecule has 1 aromatic carbocycles. The summed E-state index contributed by atoms with van der Waals surface area (Å²) in [6, 6.07) is -0.313. The minimum atomic E-state index is -5.22. The third-order valence-corrected chi connectivity index (χ3v) is 4.25. The average Bonchev–Trinajstić information content (AvgIpc) is 2.44. The number of rotatable bonds is 5. The SMILES string of the molecule is O=[N+]([O-])c1cc(C(F)(F)F)cc([N+](=O)[O-])c1N=C(Cl)C(F)(Cl)C(F)(F)Br. The third-order valence-electron chi connectivity index (χ3n) is 2.62. The Morgan fingerprint density at radius 3 is 1.69 bits per heavy atom. The summed E-state index contributed by atoms with van der Waals surface area (Å²) in [5.41, 5.74) is -6.56. The molecule has 0 spiro atoms. The first-order chi connectivity index (χ1) is 11.5. The van der Waals surface area contributed by atoms with Crippen molar-refractivity contribution in [1.29, 1.82) is 0 Å². The van der Waals surface area contributed by atoms with Crippen LogP contribution in [0.4, 0.5) is 43.4 Å². The monoisotopic (exact) mass is 491 g/mol. The number of halogens is 9. The summed E-state index contributed by atoms with van der Waals surface area (Å²) in [4.78, 5) is 17.0. The van der Waals surface area contributed by atoms with Crippen LogP contribution >= 0.6 is 39.1 Å². The molecule has 1 unspecified atom stereocenters. The van der Waals surface area contributed by atoms with Crippen molar-refractivity contribution >= 4 is 61.4 Å². The summed E-state index contributed by atoms with van der Waals surface area (Å²) < 4.78 is 78.0. The zero-order valence-corrected chi connectivity index (χ0v) is 14.6. The molecule has 0 bridgehead atoms. The van der Waals surface area contributed by atoms with Gasteiger partial charge in [0.05, 0.1) is 15.4 Å². The lowest BCUT2D eigenvalue weighted by Crippen LogP contribution is -2.39. The highest BCUT2D eigenvalue weighted by molar-refractivity contribution is 9.10. The average molecular weight is 493 g/mol. The van der Waals surface area contributed by atoms with Crippen LogP contribution in [0.15, 0.2) is 17.1 Å². The minimum Gasteiger partial charge on any atom is -0.258 e. The summed E-state index contributed by atoms with van der Waals surface area (Å²) in [6.45, 7) is 0. The first kappa shape index (κ1) is 22.4. The number of nitro benzene ring substituents is 2. The number of nitro groups is 2. The van der Waals surface area contributed by atoms with Crippen molar-refractivity contribution in [2.45, 2.75) is 16.1 Å². The van der Waals surface area contributed by atoms with Crippen molar-refractivity contribution in [3.05, 3.63) is 37.9 Å². The van der Waals surface area contributed by atoms with Gasteiger partial charge in [0, 0.05) is 12.1 Å². The Hall–Kier alpha value is -1.67. The van der Waals surface area contributed by atoms with Gasteiger partial charge < -0.3 is 0 Å². The molecule has 0 heterocycles. The lowest BCUT2D eigenvalue weighted by molar-refractivity contribution is -0.392. The summed E-state index contributed by atoms with van der Waals surface area (Å²) in [7, 11) is 0. The van der Waals surface area contributed by atoms with Gasteiger partial charge in [-0.2, -0.15) is 22.0 Å². The molecule has 0 amide bonds. The smallest absolute Gasteiger partial charge is 0.258 e. The van der Waals surface area contributed by atoms with Gasteiger partial charge >= 0.3 is 27.5 Å². The molecule has 0 saturated carbocycles. The van der Waals surface area contributed by atoms with Crippen molar-refractivity contribution in [3.8, 4) is 0 Å². The minimum absolute atomic E-state index is 0.156. The Bertz CT molecular complexity index is 761. The molecule has 26 heavy (non-hydrogen) atoms. The van der Waals surface area contributed by atoms with E-state index < -0.39 is 53.8 Å². The zero-order valence-electron chi connectivity index (χ0n) is 11.5. The molecular formula is C10H2BrCl2F6N3O4. The molecular weight excluding hydrogens is 491 g/mol.